The summed E-state index contributed by atoms with van der Waals surface area (Å²) in [5.41, 5.74) is 3.12. The fourth-order valence-electron chi connectivity index (χ4n) is 3.85. The number of hydrogen-bond acceptors (Lipinski definition) is 6. The fraction of sp³-hybridized carbons (Fsp3) is 0.308. The number of pyridine rings is 1. The number of benzene rings is 2. The van der Waals surface area contributed by atoms with E-state index in [2.05, 4.69) is 32.1 Å². The Morgan fingerprint density at radius 3 is 2.39 bits per heavy atom. The maximum atomic E-state index is 6.01. The predicted molar refractivity (Wildman–Crippen MR) is 133 cm³/mol. The van der Waals surface area contributed by atoms with Crippen molar-refractivity contribution in [1.29, 1.82) is 0 Å². The third-order valence-electron chi connectivity index (χ3n) is 5.71. The third kappa shape index (κ3) is 6.70. The van der Waals surface area contributed by atoms with Gasteiger partial charge in [0.25, 0.3) is 0 Å². The second kappa shape index (κ2) is 11.7. The van der Waals surface area contributed by atoms with Gasteiger partial charge in [0.15, 0.2) is 0 Å². The summed E-state index contributed by atoms with van der Waals surface area (Å²) in [6.07, 6.45) is 2.63. The highest BCUT2D eigenvalue weighted by atomic mass is 35.5. The average Bonchev–Trinajstić information content (AvgIpc) is 2.87. The highest BCUT2D eigenvalue weighted by Gasteiger charge is 2.19. The number of halogens is 1. The van der Waals surface area contributed by atoms with Gasteiger partial charge in [0.2, 0.25) is 0 Å². The molecule has 3 aromatic rings. The Hall–Kier alpha value is -3.09. The van der Waals surface area contributed by atoms with E-state index in [-0.39, 0.29) is 0 Å². The van der Waals surface area contributed by atoms with E-state index in [1.54, 1.807) is 7.11 Å². The molecule has 7 heteroatoms. The molecule has 0 unspecified atom stereocenters. The van der Waals surface area contributed by atoms with E-state index in [1.807, 2.05) is 60.8 Å². The SMILES string of the molecule is CO/N=C(/CCN1CCN(c2ccc(OCc3ccccc3)cn2)CC1)c1ccc(Cl)cc1. The van der Waals surface area contributed by atoms with Crippen LogP contribution >= 0.6 is 11.6 Å². The highest BCUT2D eigenvalue weighted by Crippen LogP contribution is 2.19. The molecular formula is C26H29ClN4O2. The van der Waals surface area contributed by atoms with Gasteiger partial charge in [-0.15, -0.1) is 0 Å². The number of oxime groups is 1. The average molecular weight is 465 g/mol. The molecule has 0 amide bonds. The molecule has 0 radical (unpaired) electrons. The van der Waals surface area contributed by atoms with Gasteiger partial charge in [0.1, 0.15) is 25.3 Å². The summed E-state index contributed by atoms with van der Waals surface area (Å²) in [7, 11) is 1.58. The van der Waals surface area contributed by atoms with Crippen LogP contribution in [-0.4, -0.2) is 55.4 Å². The van der Waals surface area contributed by atoms with Gasteiger partial charge in [-0.3, -0.25) is 4.90 Å². The van der Waals surface area contributed by atoms with Crippen molar-refractivity contribution in [3.63, 3.8) is 0 Å². The normalized spacial score (nSPS) is 14.8. The fourth-order valence-corrected chi connectivity index (χ4v) is 3.97. The zero-order chi connectivity index (χ0) is 22.9. The minimum absolute atomic E-state index is 0.547. The van der Waals surface area contributed by atoms with Gasteiger partial charge in [-0.25, -0.2) is 4.98 Å². The Bertz CT molecular complexity index is 1020. The molecule has 2 aromatic carbocycles. The number of aromatic nitrogens is 1. The lowest BCUT2D eigenvalue weighted by Crippen LogP contribution is -2.47. The molecule has 0 atom stereocenters. The number of rotatable bonds is 9. The van der Waals surface area contributed by atoms with Gasteiger partial charge in [-0.2, -0.15) is 0 Å². The van der Waals surface area contributed by atoms with Crippen molar-refractivity contribution in [3.8, 4) is 5.75 Å². The van der Waals surface area contributed by atoms with Crippen molar-refractivity contribution >= 4 is 23.1 Å². The van der Waals surface area contributed by atoms with E-state index in [4.69, 9.17) is 21.2 Å². The first-order valence-corrected chi connectivity index (χ1v) is 11.5. The molecule has 33 heavy (non-hydrogen) atoms. The van der Waals surface area contributed by atoms with Crippen molar-refractivity contribution in [3.05, 3.63) is 89.1 Å². The standard InChI is InChI=1S/C26H29ClN4O2/c1-32-29-25(22-7-9-23(27)10-8-22)13-14-30-15-17-31(18-16-30)26-12-11-24(19-28-26)33-20-21-5-3-2-4-6-21/h2-12,19H,13-18,20H2,1H3/b29-25-. The van der Waals surface area contributed by atoms with E-state index in [1.165, 1.54) is 0 Å². The molecule has 4 rings (SSSR count). The predicted octanol–water partition coefficient (Wildman–Crippen LogP) is 4.88. The monoisotopic (exact) mass is 464 g/mol. The van der Waals surface area contributed by atoms with Crippen LogP contribution in [0.25, 0.3) is 0 Å². The molecule has 6 nitrogen and oxygen atoms in total. The van der Waals surface area contributed by atoms with Crippen LogP contribution in [-0.2, 0) is 11.4 Å². The maximum absolute atomic E-state index is 6.01. The molecule has 1 aliphatic heterocycles. The second-order valence-electron chi connectivity index (χ2n) is 7.93. The Labute approximate surface area is 200 Å². The van der Waals surface area contributed by atoms with E-state index in [0.29, 0.717) is 6.61 Å². The van der Waals surface area contributed by atoms with Crippen molar-refractivity contribution < 1.29 is 9.57 Å². The number of anilines is 1. The zero-order valence-corrected chi connectivity index (χ0v) is 19.6. The summed E-state index contributed by atoms with van der Waals surface area (Å²) in [4.78, 5) is 14.5. The van der Waals surface area contributed by atoms with Gasteiger partial charge in [0, 0.05) is 44.2 Å². The van der Waals surface area contributed by atoms with Gasteiger partial charge >= 0.3 is 0 Å². The van der Waals surface area contributed by atoms with Crippen molar-refractivity contribution in [1.82, 2.24) is 9.88 Å². The van der Waals surface area contributed by atoms with E-state index in [9.17, 15) is 0 Å². The summed E-state index contributed by atoms with van der Waals surface area (Å²) in [6, 6.07) is 21.9. The molecule has 0 spiro atoms. The van der Waals surface area contributed by atoms with Gasteiger partial charge in [-0.1, -0.05) is 59.2 Å². The minimum Gasteiger partial charge on any atom is -0.487 e. The minimum atomic E-state index is 0.547. The largest absolute Gasteiger partial charge is 0.487 e. The molecule has 1 fully saturated rings. The molecule has 0 saturated carbocycles. The lowest BCUT2D eigenvalue weighted by molar-refractivity contribution is 0.211. The maximum Gasteiger partial charge on any atom is 0.138 e. The summed E-state index contributed by atoms with van der Waals surface area (Å²) in [5.74, 6) is 1.78. The van der Waals surface area contributed by atoms with E-state index >= 15 is 0 Å². The van der Waals surface area contributed by atoms with Gasteiger partial charge < -0.3 is 14.5 Å². The van der Waals surface area contributed by atoms with Crippen molar-refractivity contribution in [2.24, 2.45) is 5.16 Å². The first kappa shape index (κ1) is 23.1. The lowest BCUT2D eigenvalue weighted by Gasteiger charge is -2.35. The van der Waals surface area contributed by atoms with Crippen LogP contribution in [0.2, 0.25) is 5.02 Å². The van der Waals surface area contributed by atoms with Crippen LogP contribution in [0.15, 0.2) is 78.1 Å². The molecule has 0 aliphatic carbocycles. The van der Waals surface area contributed by atoms with Gasteiger partial charge in [0.05, 0.1) is 11.9 Å². The Morgan fingerprint density at radius 1 is 0.970 bits per heavy atom. The lowest BCUT2D eigenvalue weighted by atomic mass is 10.1. The van der Waals surface area contributed by atoms with Crippen molar-refractivity contribution in [2.75, 3.05) is 44.7 Å². The summed E-state index contributed by atoms with van der Waals surface area (Å²) < 4.78 is 5.85. The second-order valence-corrected chi connectivity index (χ2v) is 8.37. The highest BCUT2D eigenvalue weighted by molar-refractivity contribution is 6.30. The third-order valence-corrected chi connectivity index (χ3v) is 5.96. The van der Waals surface area contributed by atoms with Gasteiger partial charge in [-0.05, 0) is 35.4 Å². The number of nitrogens with zero attached hydrogens (tertiary/aromatic N) is 4. The first-order valence-electron chi connectivity index (χ1n) is 11.2. The summed E-state index contributed by atoms with van der Waals surface area (Å²) in [5, 5.41) is 4.95. The van der Waals surface area contributed by atoms with Crippen LogP contribution in [0.5, 0.6) is 5.75 Å². The number of ether oxygens (including phenoxy) is 1. The molecule has 1 aromatic heterocycles. The molecule has 172 valence electrons. The number of hydrogen-bond donors (Lipinski definition) is 0. The van der Waals surface area contributed by atoms with Crippen LogP contribution in [0.1, 0.15) is 17.5 Å². The number of piperazine rings is 1. The summed E-state index contributed by atoms with van der Waals surface area (Å²) in [6.45, 7) is 5.32. The van der Waals surface area contributed by atoms with Crippen LogP contribution in [0.3, 0.4) is 0 Å². The molecule has 1 aliphatic rings. The Kier molecular flexibility index (Phi) is 8.17. The molecule has 0 N–H and O–H groups in total. The molecule has 1 saturated heterocycles. The Balaban J connectivity index is 1.24. The quantitative estimate of drug-likeness (QED) is 0.334. The summed E-state index contributed by atoms with van der Waals surface area (Å²) >= 11 is 6.01. The van der Waals surface area contributed by atoms with Crippen LogP contribution < -0.4 is 9.64 Å². The molecule has 2 heterocycles. The van der Waals surface area contributed by atoms with Crippen LogP contribution in [0, 0.1) is 0 Å². The Morgan fingerprint density at radius 2 is 1.73 bits per heavy atom. The van der Waals surface area contributed by atoms with Crippen molar-refractivity contribution in [2.45, 2.75) is 13.0 Å². The molecule has 0 bridgehead atoms. The van der Waals surface area contributed by atoms with E-state index in [0.717, 1.165) is 72.6 Å². The topological polar surface area (TPSA) is 50.2 Å². The van der Waals surface area contributed by atoms with E-state index < -0.39 is 0 Å². The first-order chi connectivity index (χ1) is 16.2. The van der Waals surface area contributed by atoms with Crippen LogP contribution in [0.4, 0.5) is 5.82 Å². The smallest absolute Gasteiger partial charge is 0.138 e. The zero-order valence-electron chi connectivity index (χ0n) is 18.9. The molecular weight excluding hydrogens is 436 g/mol.